The molecule has 0 unspecified atom stereocenters. The molecule has 0 saturated heterocycles. The maximum absolute atomic E-state index is 12.3. The molecular formula is C20H12ClN3O4. The Labute approximate surface area is 164 Å². The molecule has 1 amide bonds. The van der Waals surface area contributed by atoms with Gasteiger partial charge in [-0.05, 0) is 30.3 Å². The fourth-order valence-corrected chi connectivity index (χ4v) is 2.67. The second kappa shape index (κ2) is 8.20. The largest absolute Gasteiger partial charge is 0.457 e. The van der Waals surface area contributed by atoms with E-state index in [1.54, 1.807) is 36.4 Å². The summed E-state index contributed by atoms with van der Waals surface area (Å²) in [4.78, 5) is 22.5. The van der Waals surface area contributed by atoms with Gasteiger partial charge in [0.25, 0.3) is 11.6 Å². The van der Waals surface area contributed by atoms with Crippen LogP contribution in [-0.2, 0) is 4.79 Å². The minimum atomic E-state index is -0.569. The number of anilines is 1. The van der Waals surface area contributed by atoms with E-state index in [1.165, 1.54) is 24.3 Å². The average Bonchev–Trinajstić information content (AvgIpc) is 3.15. The van der Waals surface area contributed by atoms with Crippen molar-refractivity contribution in [2.75, 3.05) is 5.32 Å². The van der Waals surface area contributed by atoms with Crippen molar-refractivity contribution in [3.63, 3.8) is 0 Å². The van der Waals surface area contributed by atoms with E-state index in [0.717, 1.165) is 0 Å². The Kier molecular flexibility index (Phi) is 5.53. The van der Waals surface area contributed by atoms with Crippen molar-refractivity contribution in [3.8, 4) is 17.4 Å². The van der Waals surface area contributed by atoms with Gasteiger partial charge >= 0.3 is 0 Å². The van der Waals surface area contributed by atoms with Gasteiger partial charge in [-0.3, -0.25) is 14.9 Å². The number of nitrogens with zero attached hydrogens (tertiary/aromatic N) is 2. The van der Waals surface area contributed by atoms with Crippen molar-refractivity contribution >= 4 is 35.0 Å². The highest BCUT2D eigenvalue weighted by molar-refractivity contribution is 6.33. The Hall–Kier alpha value is -3.89. The van der Waals surface area contributed by atoms with Gasteiger partial charge in [0.1, 0.15) is 23.2 Å². The Morgan fingerprint density at radius 2 is 1.93 bits per heavy atom. The van der Waals surface area contributed by atoms with Crippen LogP contribution in [0.1, 0.15) is 5.76 Å². The topological polar surface area (TPSA) is 109 Å². The number of hydrogen-bond donors (Lipinski definition) is 1. The molecule has 0 spiro atoms. The zero-order chi connectivity index (χ0) is 20.1. The molecule has 7 nitrogen and oxygen atoms in total. The lowest BCUT2D eigenvalue weighted by Crippen LogP contribution is -2.13. The van der Waals surface area contributed by atoms with Gasteiger partial charge in [-0.15, -0.1) is 0 Å². The Balaban J connectivity index is 1.83. The van der Waals surface area contributed by atoms with Crippen LogP contribution in [0.2, 0.25) is 5.02 Å². The van der Waals surface area contributed by atoms with Gasteiger partial charge in [-0.25, -0.2) is 0 Å². The molecule has 0 atom stereocenters. The van der Waals surface area contributed by atoms with E-state index in [0.29, 0.717) is 17.0 Å². The number of benzene rings is 2. The average molecular weight is 394 g/mol. The summed E-state index contributed by atoms with van der Waals surface area (Å²) in [6.07, 6.45) is 1.31. The van der Waals surface area contributed by atoms with Crippen LogP contribution in [0.5, 0.6) is 0 Å². The molecule has 2 aromatic carbocycles. The molecule has 1 N–H and O–H groups in total. The number of nitro benzene ring substituents is 1. The highest BCUT2D eigenvalue weighted by atomic mass is 35.5. The van der Waals surface area contributed by atoms with E-state index in [9.17, 15) is 20.2 Å². The van der Waals surface area contributed by atoms with E-state index < -0.39 is 10.8 Å². The SMILES string of the molecule is N#CC(=Cc1ccc(-c2ccc([N+](=O)[O-])cc2Cl)o1)C(=O)Nc1ccccc1. The number of non-ortho nitro benzene ring substituents is 1. The molecule has 0 bridgehead atoms. The number of para-hydroxylation sites is 1. The van der Waals surface area contributed by atoms with Gasteiger partial charge < -0.3 is 9.73 Å². The predicted molar refractivity (Wildman–Crippen MR) is 104 cm³/mol. The molecule has 8 heteroatoms. The normalized spacial score (nSPS) is 10.9. The van der Waals surface area contributed by atoms with Gasteiger partial charge in [0.15, 0.2) is 0 Å². The number of nitrogens with one attached hydrogen (secondary N) is 1. The molecule has 1 heterocycles. The number of hydrogen-bond acceptors (Lipinski definition) is 5. The van der Waals surface area contributed by atoms with E-state index in [1.807, 2.05) is 12.1 Å². The summed E-state index contributed by atoms with van der Waals surface area (Å²) in [6, 6.07) is 17.8. The second-order valence-electron chi connectivity index (χ2n) is 5.61. The zero-order valence-electron chi connectivity index (χ0n) is 14.3. The third kappa shape index (κ3) is 4.26. The number of nitro groups is 1. The number of halogens is 1. The van der Waals surface area contributed by atoms with Crippen molar-refractivity contribution in [2.45, 2.75) is 0 Å². The number of carbonyl (C=O) groups is 1. The fraction of sp³-hybridized carbons (Fsp3) is 0. The molecule has 0 saturated carbocycles. The van der Waals surface area contributed by atoms with Crippen molar-refractivity contribution in [1.82, 2.24) is 0 Å². The smallest absolute Gasteiger partial charge is 0.270 e. The highest BCUT2D eigenvalue weighted by Gasteiger charge is 2.15. The predicted octanol–water partition coefficient (Wildman–Crippen LogP) is 5.05. The zero-order valence-corrected chi connectivity index (χ0v) is 15.0. The summed E-state index contributed by atoms with van der Waals surface area (Å²) in [6.45, 7) is 0. The molecule has 0 aliphatic carbocycles. The summed E-state index contributed by atoms with van der Waals surface area (Å²) >= 11 is 6.09. The first kappa shape index (κ1) is 18.9. The Morgan fingerprint density at radius 1 is 1.18 bits per heavy atom. The quantitative estimate of drug-likeness (QED) is 0.282. The number of amides is 1. The van der Waals surface area contributed by atoms with Crippen LogP contribution in [-0.4, -0.2) is 10.8 Å². The molecule has 28 heavy (non-hydrogen) atoms. The third-order valence-corrected chi connectivity index (χ3v) is 4.05. The van der Waals surface area contributed by atoms with Crippen molar-refractivity contribution in [1.29, 1.82) is 5.26 Å². The van der Waals surface area contributed by atoms with Crippen LogP contribution in [0.15, 0.2) is 70.7 Å². The van der Waals surface area contributed by atoms with Gasteiger partial charge in [0.2, 0.25) is 0 Å². The van der Waals surface area contributed by atoms with Crippen molar-refractivity contribution in [2.24, 2.45) is 0 Å². The van der Waals surface area contributed by atoms with Crippen LogP contribution in [0.25, 0.3) is 17.4 Å². The van der Waals surface area contributed by atoms with Gasteiger partial charge in [0, 0.05) is 29.5 Å². The summed E-state index contributed by atoms with van der Waals surface area (Å²) in [5.41, 5.74) is 0.745. The lowest BCUT2D eigenvalue weighted by atomic mass is 10.1. The maximum Gasteiger partial charge on any atom is 0.270 e. The number of nitriles is 1. The van der Waals surface area contributed by atoms with Crippen molar-refractivity contribution < 1.29 is 14.1 Å². The lowest BCUT2D eigenvalue weighted by molar-refractivity contribution is -0.384. The molecule has 0 aliphatic rings. The molecular weight excluding hydrogens is 382 g/mol. The number of carbonyl (C=O) groups excluding carboxylic acids is 1. The van der Waals surface area contributed by atoms with Crippen LogP contribution < -0.4 is 5.32 Å². The van der Waals surface area contributed by atoms with Gasteiger partial charge in [-0.1, -0.05) is 29.8 Å². The number of rotatable bonds is 5. The van der Waals surface area contributed by atoms with Crippen molar-refractivity contribution in [3.05, 3.63) is 87.1 Å². The first-order valence-electron chi connectivity index (χ1n) is 8.00. The summed E-state index contributed by atoms with van der Waals surface area (Å²) < 4.78 is 5.62. The van der Waals surface area contributed by atoms with E-state index in [4.69, 9.17) is 16.0 Å². The summed E-state index contributed by atoms with van der Waals surface area (Å²) in [5.74, 6) is 0.0519. The lowest BCUT2D eigenvalue weighted by Gasteiger charge is -2.03. The second-order valence-corrected chi connectivity index (χ2v) is 6.02. The van der Waals surface area contributed by atoms with Gasteiger partial charge in [0.05, 0.1) is 9.95 Å². The third-order valence-electron chi connectivity index (χ3n) is 3.74. The Bertz CT molecular complexity index is 1110. The minimum absolute atomic E-state index is 0.134. The minimum Gasteiger partial charge on any atom is -0.457 e. The molecule has 0 radical (unpaired) electrons. The summed E-state index contributed by atoms with van der Waals surface area (Å²) in [7, 11) is 0. The van der Waals surface area contributed by atoms with Crippen LogP contribution in [0, 0.1) is 21.4 Å². The number of furan rings is 1. The van der Waals surface area contributed by atoms with Crippen LogP contribution in [0.4, 0.5) is 11.4 Å². The standard InChI is InChI=1S/C20H12ClN3O4/c21-18-11-15(24(26)27)6-8-17(18)19-9-7-16(28-19)10-13(12-22)20(25)23-14-4-2-1-3-5-14/h1-11H,(H,23,25). The molecule has 1 aromatic heterocycles. The summed E-state index contributed by atoms with van der Waals surface area (Å²) in [5, 5.41) is 22.9. The van der Waals surface area contributed by atoms with E-state index in [2.05, 4.69) is 5.32 Å². The van der Waals surface area contributed by atoms with Crippen LogP contribution in [0.3, 0.4) is 0 Å². The highest BCUT2D eigenvalue weighted by Crippen LogP contribution is 2.32. The molecule has 3 rings (SSSR count). The van der Waals surface area contributed by atoms with Gasteiger partial charge in [-0.2, -0.15) is 5.26 Å². The van der Waals surface area contributed by atoms with E-state index in [-0.39, 0.29) is 22.0 Å². The Morgan fingerprint density at radius 3 is 2.57 bits per heavy atom. The monoisotopic (exact) mass is 393 g/mol. The first-order valence-corrected chi connectivity index (χ1v) is 8.38. The first-order chi connectivity index (χ1) is 13.5. The van der Waals surface area contributed by atoms with E-state index >= 15 is 0 Å². The fourth-order valence-electron chi connectivity index (χ4n) is 2.40. The van der Waals surface area contributed by atoms with Crippen LogP contribution >= 0.6 is 11.6 Å². The molecule has 138 valence electrons. The molecule has 3 aromatic rings. The molecule has 0 fully saturated rings. The maximum atomic E-state index is 12.3. The molecule has 0 aliphatic heterocycles.